The summed E-state index contributed by atoms with van der Waals surface area (Å²) < 4.78 is 7.41. The Morgan fingerprint density at radius 3 is 2.72 bits per heavy atom. The Balaban J connectivity index is 1.51. The van der Waals surface area contributed by atoms with Crippen molar-refractivity contribution < 1.29 is 4.74 Å². The Hall–Kier alpha value is -2.97. The summed E-state index contributed by atoms with van der Waals surface area (Å²) in [5.74, 6) is 2.21. The molecule has 0 aromatic carbocycles. The van der Waals surface area contributed by atoms with Crippen molar-refractivity contribution in [3.63, 3.8) is 0 Å². The lowest BCUT2D eigenvalue weighted by Crippen LogP contribution is -2.47. The molecule has 0 bridgehead atoms. The molecule has 0 atom stereocenters. The van der Waals surface area contributed by atoms with Gasteiger partial charge >= 0.3 is 0 Å². The van der Waals surface area contributed by atoms with E-state index in [-0.39, 0.29) is 0 Å². The number of aryl methyl sites for hydroxylation is 1. The van der Waals surface area contributed by atoms with Gasteiger partial charge in [-0.1, -0.05) is 0 Å². The number of hydrogen-bond acceptors (Lipinski definition) is 8. The van der Waals surface area contributed by atoms with Gasteiger partial charge in [0.2, 0.25) is 17.5 Å². The van der Waals surface area contributed by atoms with Gasteiger partial charge < -0.3 is 14.5 Å². The lowest BCUT2D eigenvalue weighted by Gasteiger charge is -2.35. The van der Waals surface area contributed by atoms with Crippen molar-refractivity contribution in [3.8, 4) is 5.88 Å². The molecule has 1 aliphatic rings. The second-order valence-electron chi connectivity index (χ2n) is 5.87. The van der Waals surface area contributed by atoms with Gasteiger partial charge in [-0.05, 0) is 13.8 Å². The molecule has 0 amide bonds. The van der Waals surface area contributed by atoms with Gasteiger partial charge in [0.15, 0.2) is 5.82 Å². The van der Waals surface area contributed by atoms with Gasteiger partial charge in [0, 0.05) is 50.3 Å². The molecular formula is C16H20N8O. The predicted octanol–water partition coefficient (Wildman–Crippen LogP) is 0.948. The zero-order valence-electron chi connectivity index (χ0n) is 14.3. The molecule has 1 aliphatic heterocycles. The number of aromatic nitrogens is 6. The summed E-state index contributed by atoms with van der Waals surface area (Å²) in [5, 5.41) is 8.13. The largest absolute Gasteiger partial charge is 0.478 e. The van der Waals surface area contributed by atoms with Crippen molar-refractivity contribution >= 4 is 17.4 Å². The van der Waals surface area contributed by atoms with Crippen LogP contribution in [-0.2, 0) is 0 Å². The van der Waals surface area contributed by atoms with Gasteiger partial charge in [0.25, 0.3) is 0 Å². The minimum absolute atomic E-state index is 0.595. The maximum Gasteiger partial charge on any atom is 0.228 e. The van der Waals surface area contributed by atoms with Crippen LogP contribution in [-0.4, -0.2) is 62.3 Å². The maximum atomic E-state index is 5.53. The lowest BCUT2D eigenvalue weighted by molar-refractivity contribution is 0.325. The topological polar surface area (TPSA) is 84.6 Å². The first-order chi connectivity index (χ1) is 12.2. The van der Waals surface area contributed by atoms with Crippen molar-refractivity contribution in [2.24, 2.45) is 0 Å². The van der Waals surface area contributed by atoms with Crippen molar-refractivity contribution in [2.45, 2.75) is 13.8 Å². The third-order valence-electron chi connectivity index (χ3n) is 4.17. The zero-order chi connectivity index (χ0) is 17.2. The predicted molar refractivity (Wildman–Crippen MR) is 93.1 cm³/mol. The maximum absolute atomic E-state index is 5.53. The van der Waals surface area contributed by atoms with E-state index < -0.39 is 0 Å². The van der Waals surface area contributed by atoms with Gasteiger partial charge in [-0.25, -0.2) is 9.97 Å². The third kappa shape index (κ3) is 3.04. The first-order valence-electron chi connectivity index (χ1n) is 8.37. The first-order valence-corrected chi connectivity index (χ1v) is 8.37. The fourth-order valence-electron chi connectivity index (χ4n) is 2.97. The summed E-state index contributed by atoms with van der Waals surface area (Å²) >= 11 is 0. The Morgan fingerprint density at radius 1 is 1.12 bits per heavy atom. The molecule has 0 unspecified atom stereocenters. The minimum atomic E-state index is 0.595. The quantitative estimate of drug-likeness (QED) is 0.694. The van der Waals surface area contributed by atoms with Crippen LogP contribution in [0.1, 0.15) is 12.6 Å². The van der Waals surface area contributed by atoms with Crippen molar-refractivity contribution in [1.29, 1.82) is 0 Å². The van der Waals surface area contributed by atoms with Crippen LogP contribution in [0.2, 0.25) is 0 Å². The van der Waals surface area contributed by atoms with Crippen LogP contribution in [0.3, 0.4) is 0 Å². The molecule has 4 rings (SSSR count). The molecule has 0 spiro atoms. The molecular weight excluding hydrogens is 320 g/mol. The SMILES string of the molecule is CCOc1cc(C)nc(N2CCN(c3nccn4cnnc34)CC2)n1. The van der Waals surface area contributed by atoms with Crippen LogP contribution in [0.25, 0.3) is 5.65 Å². The van der Waals surface area contributed by atoms with Crippen molar-refractivity contribution in [2.75, 3.05) is 42.6 Å². The summed E-state index contributed by atoms with van der Waals surface area (Å²) in [6.45, 7) is 7.77. The Bertz CT molecular complexity index is 871. The molecule has 1 saturated heterocycles. The number of ether oxygens (including phenoxy) is 1. The van der Waals surface area contributed by atoms with E-state index in [2.05, 4.69) is 34.9 Å². The van der Waals surface area contributed by atoms with Gasteiger partial charge in [-0.2, -0.15) is 4.98 Å². The minimum Gasteiger partial charge on any atom is -0.478 e. The smallest absolute Gasteiger partial charge is 0.228 e. The Morgan fingerprint density at radius 2 is 1.92 bits per heavy atom. The third-order valence-corrected chi connectivity index (χ3v) is 4.17. The highest BCUT2D eigenvalue weighted by atomic mass is 16.5. The fraction of sp³-hybridized carbons (Fsp3) is 0.438. The Labute approximate surface area is 145 Å². The Kier molecular flexibility index (Phi) is 4.04. The molecule has 9 heteroatoms. The highest BCUT2D eigenvalue weighted by molar-refractivity contribution is 5.63. The van der Waals surface area contributed by atoms with Crippen LogP contribution < -0.4 is 14.5 Å². The van der Waals surface area contributed by atoms with E-state index in [1.54, 1.807) is 12.5 Å². The summed E-state index contributed by atoms with van der Waals surface area (Å²) in [7, 11) is 0. The molecule has 0 N–H and O–H groups in total. The molecule has 3 aromatic rings. The van der Waals surface area contributed by atoms with Crippen LogP contribution in [0, 0.1) is 6.92 Å². The molecule has 1 fully saturated rings. The van der Waals surface area contributed by atoms with E-state index in [1.807, 2.05) is 30.5 Å². The monoisotopic (exact) mass is 340 g/mol. The average Bonchev–Trinajstić information content (AvgIpc) is 3.10. The van der Waals surface area contributed by atoms with Gasteiger partial charge in [0.1, 0.15) is 6.33 Å². The number of fused-ring (bicyclic) bond motifs is 1. The van der Waals surface area contributed by atoms with E-state index in [0.29, 0.717) is 12.5 Å². The van der Waals surface area contributed by atoms with Crippen molar-refractivity contribution in [1.82, 2.24) is 29.5 Å². The molecule has 3 aromatic heterocycles. The fourth-order valence-corrected chi connectivity index (χ4v) is 2.97. The molecule has 130 valence electrons. The molecule has 0 saturated carbocycles. The molecule has 0 aliphatic carbocycles. The standard InChI is InChI=1S/C16H20N8O/c1-3-25-13-10-12(2)19-16(20-13)23-8-6-22(7-9-23)14-15-21-18-11-24(15)5-4-17-14/h4-5,10-11H,3,6-9H2,1-2H3. The number of nitrogens with zero attached hydrogens (tertiary/aromatic N) is 8. The molecule has 25 heavy (non-hydrogen) atoms. The van der Waals surface area contributed by atoms with Gasteiger partial charge in [-0.3, -0.25) is 4.40 Å². The normalized spacial score (nSPS) is 15.0. The van der Waals surface area contributed by atoms with Crippen LogP contribution >= 0.6 is 0 Å². The van der Waals surface area contributed by atoms with Crippen molar-refractivity contribution in [3.05, 3.63) is 30.5 Å². The van der Waals surface area contributed by atoms with Gasteiger partial charge in [-0.15, -0.1) is 10.2 Å². The van der Waals surface area contributed by atoms with Crippen LogP contribution in [0.5, 0.6) is 5.88 Å². The highest BCUT2D eigenvalue weighted by Gasteiger charge is 2.22. The lowest BCUT2D eigenvalue weighted by atomic mass is 10.3. The summed E-state index contributed by atoms with van der Waals surface area (Å²) in [6, 6.07) is 1.86. The molecule has 4 heterocycles. The van der Waals surface area contributed by atoms with E-state index in [4.69, 9.17) is 4.74 Å². The summed E-state index contributed by atoms with van der Waals surface area (Å²) in [6.07, 6.45) is 5.31. The summed E-state index contributed by atoms with van der Waals surface area (Å²) in [5.41, 5.74) is 1.69. The van der Waals surface area contributed by atoms with E-state index in [0.717, 1.165) is 49.3 Å². The average molecular weight is 340 g/mol. The second kappa shape index (κ2) is 6.50. The van der Waals surface area contributed by atoms with Crippen LogP contribution in [0.4, 0.5) is 11.8 Å². The second-order valence-corrected chi connectivity index (χ2v) is 5.87. The van der Waals surface area contributed by atoms with E-state index >= 15 is 0 Å². The first kappa shape index (κ1) is 15.6. The molecule has 0 radical (unpaired) electrons. The number of hydrogen-bond donors (Lipinski definition) is 0. The van der Waals surface area contributed by atoms with E-state index in [1.165, 1.54) is 0 Å². The molecule has 9 nitrogen and oxygen atoms in total. The number of piperazine rings is 1. The highest BCUT2D eigenvalue weighted by Crippen LogP contribution is 2.21. The summed E-state index contributed by atoms with van der Waals surface area (Å²) in [4.78, 5) is 18.0. The number of anilines is 2. The van der Waals surface area contributed by atoms with Gasteiger partial charge in [0.05, 0.1) is 6.61 Å². The number of rotatable bonds is 4. The van der Waals surface area contributed by atoms with E-state index in [9.17, 15) is 0 Å². The van der Waals surface area contributed by atoms with Crippen LogP contribution in [0.15, 0.2) is 24.8 Å². The zero-order valence-corrected chi connectivity index (χ0v) is 14.3.